The van der Waals surface area contributed by atoms with Crippen LogP contribution in [0.15, 0.2) is 42.1 Å². The van der Waals surface area contributed by atoms with Crippen LogP contribution in [0.1, 0.15) is 5.56 Å². The summed E-state index contributed by atoms with van der Waals surface area (Å²) in [6.07, 6.45) is 1.66. The third kappa shape index (κ3) is 4.69. The lowest BCUT2D eigenvalue weighted by Gasteiger charge is -2.05. The molecule has 0 unspecified atom stereocenters. The maximum absolute atomic E-state index is 11.5. The van der Waals surface area contributed by atoms with Crippen molar-refractivity contribution in [3.8, 4) is 0 Å². The number of amides is 1. The molecule has 0 spiro atoms. The molecule has 0 aromatic heterocycles. The first-order valence-corrected chi connectivity index (χ1v) is 5.50. The Morgan fingerprint density at radius 3 is 2.61 bits per heavy atom. The molecule has 96 valence electrons. The van der Waals surface area contributed by atoms with Gasteiger partial charge in [-0.3, -0.25) is 4.79 Å². The molecular weight excluding hydrogens is 232 g/mol. The van der Waals surface area contributed by atoms with Crippen LogP contribution in [0.4, 0.5) is 0 Å². The van der Waals surface area contributed by atoms with Gasteiger partial charge in [0.15, 0.2) is 0 Å². The highest BCUT2D eigenvalue weighted by Crippen LogP contribution is 1.98. The van der Waals surface area contributed by atoms with E-state index in [1.165, 1.54) is 7.11 Å². The van der Waals surface area contributed by atoms with Crippen LogP contribution in [0.25, 0.3) is 0 Å². The molecule has 0 saturated carbocycles. The molecule has 0 saturated heterocycles. The summed E-state index contributed by atoms with van der Waals surface area (Å²) in [6, 6.07) is 9.74. The second kappa shape index (κ2) is 7.11. The second-order valence-electron chi connectivity index (χ2n) is 3.61. The van der Waals surface area contributed by atoms with Crippen LogP contribution in [0.2, 0.25) is 0 Å². The SMILES string of the molecule is COC(=O)C=C(N)C(=O)NCCc1ccccc1. The summed E-state index contributed by atoms with van der Waals surface area (Å²) in [5, 5.41) is 2.62. The minimum atomic E-state index is -0.647. The van der Waals surface area contributed by atoms with E-state index in [-0.39, 0.29) is 5.70 Å². The van der Waals surface area contributed by atoms with Gasteiger partial charge in [-0.15, -0.1) is 0 Å². The first-order valence-electron chi connectivity index (χ1n) is 5.50. The Labute approximate surface area is 106 Å². The van der Waals surface area contributed by atoms with Crippen molar-refractivity contribution in [2.45, 2.75) is 6.42 Å². The number of methoxy groups -OCH3 is 1. The molecule has 0 radical (unpaired) electrons. The van der Waals surface area contributed by atoms with Crippen molar-refractivity contribution in [3.05, 3.63) is 47.7 Å². The Kier molecular flexibility index (Phi) is 5.44. The van der Waals surface area contributed by atoms with Gasteiger partial charge in [-0.25, -0.2) is 4.79 Å². The summed E-state index contributed by atoms with van der Waals surface area (Å²) in [4.78, 5) is 22.3. The van der Waals surface area contributed by atoms with E-state index >= 15 is 0 Å². The lowest BCUT2D eigenvalue weighted by molar-refractivity contribution is -0.135. The fourth-order valence-electron chi connectivity index (χ4n) is 1.32. The largest absolute Gasteiger partial charge is 0.466 e. The van der Waals surface area contributed by atoms with Crippen LogP contribution >= 0.6 is 0 Å². The average Bonchev–Trinajstić information content (AvgIpc) is 2.39. The molecule has 0 aliphatic heterocycles. The standard InChI is InChI=1S/C13H16N2O3/c1-18-12(16)9-11(14)13(17)15-8-7-10-5-3-2-4-6-10/h2-6,9H,7-8,14H2,1H3,(H,15,17). The summed E-state index contributed by atoms with van der Waals surface area (Å²) in [6.45, 7) is 0.457. The Balaban J connectivity index is 2.38. The van der Waals surface area contributed by atoms with Gasteiger partial charge in [-0.2, -0.15) is 0 Å². The molecule has 1 aromatic carbocycles. The van der Waals surface area contributed by atoms with E-state index in [4.69, 9.17) is 5.73 Å². The molecule has 1 rings (SSSR count). The van der Waals surface area contributed by atoms with Gasteiger partial charge in [0.2, 0.25) is 0 Å². The van der Waals surface area contributed by atoms with Crippen molar-refractivity contribution >= 4 is 11.9 Å². The van der Waals surface area contributed by atoms with E-state index in [1.54, 1.807) is 0 Å². The number of nitrogens with two attached hydrogens (primary N) is 1. The number of hydrogen-bond acceptors (Lipinski definition) is 4. The van der Waals surface area contributed by atoms with Crippen molar-refractivity contribution in [1.82, 2.24) is 5.32 Å². The number of carbonyl (C=O) groups excluding carboxylic acids is 2. The smallest absolute Gasteiger partial charge is 0.332 e. The van der Waals surface area contributed by atoms with Crippen molar-refractivity contribution < 1.29 is 14.3 Å². The molecular formula is C13H16N2O3. The second-order valence-corrected chi connectivity index (χ2v) is 3.61. The molecule has 18 heavy (non-hydrogen) atoms. The molecule has 0 aliphatic carbocycles. The fourth-order valence-corrected chi connectivity index (χ4v) is 1.32. The van der Waals surface area contributed by atoms with Crippen LogP contribution in [0, 0.1) is 0 Å². The van der Waals surface area contributed by atoms with Crippen molar-refractivity contribution in [2.75, 3.05) is 13.7 Å². The molecule has 0 fully saturated rings. The number of carbonyl (C=O) groups is 2. The van der Waals surface area contributed by atoms with E-state index in [0.29, 0.717) is 13.0 Å². The lowest BCUT2D eigenvalue weighted by Crippen LogP contribution is -2.30. The Morgan fingerprint density at radius 2 is 2.00 bits per heavy atom. The zero-order valence-corrected chi connectivity index (χ0v) is 10.2. The third-order valence-electron chi connectivity index (χ3n) is 2.28. The minimum absolute atomic E-state index is 0.157. The molecule has 0 atom stereocenters. The summed E-state index contributed by atoms with van der Waals surface area (Å²) >= 11 is 0. The number of hydrogen-bond donors (Lipinski definition) is 2. The van der Waals surface area contributed by atoms with E-state index < -0.39 is 11.9 Å². The van der Waals surface area contributed by atoms with E-state index in [0.717, 1.165) is 11.6 Å². The molecule has 1 aromatic rings. The molecule has 1 amide bonds. The minimum Gasteiger partial charge on any atom is -0.466 e. The monoisotopic (exact) mass is 248 g/mol. The first-order chi connectivity index (χ1) is 8.63. The molecule has 5 heteroatoms. The number of rotatable bonds is 5. The zero-order valence-electron chi connectivity index (χ0n) is 10.2. The zero-order chi connectivity index (χ0) is 13.4. The van der Waals surface area contributed by atoms with Gasteiger partial charge in [0, 0.05) is 6.54 Å². The van der Waals surface area contributed by atoms with Gasteiger partial charge < -0.3 is 15.8 Å². The van der Waals surface area contributed by atoms with Crippen LogP contribution in [0.3, 0.4) is 0 Å². The van der Waals surface area contributed by atoms with Crippen LogP contribution in [-0.2, 0) is 20.7 Å². The van der Waals surface area contributed by atoms with Gasteiger partial charge in [-0.1, -0.05) is 30.3 Å². The molecule has 0 bridgehead atoms. The van der Waals surface area contributed by atoms with Gasteiger partial charge in [0.1, 0.15) is 5.70 Å². The van der Waals surface area contributed by atoms with Crippen molar-refractivity contribution in [1.29, 1.82) is 0 Å². The highest BCUT2D eigenvalue weighted by Gasteiger charge is 2.06. The normalized spacial score (nSPS) is 10.8. The predicted octanol–water partition coefficient (Wildman–Crippen LogP) is 0.361. The third-order valence-corrected chi connectivity index (χ3v) is 2.28. The Bertz CT molecular complexity index is 441. The van der Waals surface area contributed by atoms with Crippen molar-refractivity contribution in [3.63, 3.8) is 0 Å². The number of benzene rings is 1. The summed E-state index contributed by atoms with van der Waals surface area (Å²) < 4.78 is 4.37. The van der Waals surface area contributed by atoms with Gasteiger partial charge in [0.05, 0.1) is 13.2 Å². The average molecular weight is 248 g/mol. The van der Waals surface area contributed by atoms with E-state index in [2.05, 4.69) is 10.1 Å². The maximum atomic E-state index is 11.5. The number of esters is 1. The van der Waals surface area contributed by atoms with E-state index in [9.17, 15) is 9.59 Å². The maximum Gasteiger partial charge on any atom is 0.332 e. The molecule has 5 nitrogen and oxygen atoms in total. The predicted molar refractivity (Wildman–Crippen MR) is 67.4 cm³/mol. The quantitative estimate of drug-likeness (QED) is 0.582. The Hall–Kier alpha value is -2.30. The van der Waals surface area contributed by atoms with Crippen LogP contribution < -0.4 is 11.1 Å². The van der Waals surface area contributed by atoms with Gasteiger partial charge in [-0.05, 0) is 12.0 Å². The summed E-state index contributed by atoms with van der Waals surface area (Å²) in [7, 11) is 1.22. The molecule has 3 N–H and O–H groups in total. The van der Waals surface area contributed by atoms with Crippen LogP contribution in [-0.4, -0.2) is 25.5 Å². The van der Waals surface area contributed by atoms with Gasteiger partial charge >= 0.3 is 5.97 Å². The van der Waals surface area contributed by atoms with Crippen molar-refractivity contribution in [2.24, 2.45) is 5.73 Å². The first kappa shape index (κ1) is 13.8. The van der Waals surface area contributed by atoms with Gasteiger partial charge in [0.25, 0.3) is 5.91 Å². The molecule has 0 heterocycles. The van der Waals surface area contributed by atoms with E-state index in [1.807, 2.05) is 30.3 Å². The topological polar surface area (TPSA) is 81.4 Å². The lowest BCUT2D eigenvalue weighted by atomic mass is 10.1. The highest BCUT2D eigenvalue weighted by molar-refractivity contribution is 5.98. The molecule has 0 aliphatic rings. The fraction of sp³-hybridized carbons (Fsp3) is 0.231. The number of ether oxygens (including phenoxy) is 1. The summed E-state index contributed by atoms with van der Waals surface area (Å²) in [5.74, 6) is -1.12. The Morgan fingerprint density at radius 1 is 1.33 bits per heavy atom. The van der Waals surface area contributed by atoms with Crippen LogP contribution in [0.5, 0.6) is 0 Å². The summed E-state index contributed by atoms with van der Waals surface area (Å²) in [5.41, 5.74) is 6.38. The highest BCUT2D eigenvalue weighted by atomic mass is 16.5. The number of nitrogens with one attached hydrogen (secondary N) is 1.